The van der Waals surface area contributed by atoms with Crippen LogP contribution in [0.15, 0.2) is 52.9 Å². The molecule has 5 nitrogen and oxygen atoms in total. The average molecular weight is 350 g/mol. The number of hydrogen-bond acceptors (Lipinski definition) is 2. The molecule has 0 bridgehead atoms. The van der Waals surface area contributed by atoms with Gasteiger partial charge in [-0.25, -0.2) is 0 Å². The summed E-state index contributed by atoms with van der Waals surface area (Å²) in [5.74, 6) is 0. The molecule has 6 N–H and O–H groups in total. The largest absolute Gasteiger partial charge is 3.00 e. The Morgan fingerprint density at radius 3 is 2.27 bits per heavy atom. The fourth-order valence-corrected chi connectivity index (χ4v) is 2.02. The normalized spacial score (nSPS) is 9.91. The first-order chi connectivity index (χ1) is 10.0. The van der Waals surface area contributed by atoms with Crippen molar-refractivity contribution in [1.82, 2.24) is 0 Å². The average Bonchev–Trinajstić information content (AvgIpc) is 3.00. The van der Waals surface area contributed by atoms with Crippen molar-refractivity contribution in [2.24, 2.45) is 10.8 Å². The monoisotopic (exact) mass is 350 g/mol. The van der Waals surface area contributed by atoms with E-state index < -0.39 is 7.12 Å². The van der Waals surface area contributed by atoms with Crippen molar-refractivity contribution in [3.63, 3.8) is 0 Å². The van der Waals surface area contributed by atoms with Gasteiger partial charge in [-0.15, -0.1) is 11.3 Å². The van der Waals surface area contributed by atoms with E-state index in [0.717, 1.165) is 16.1 Å². The molecular formula is C13H18AlBN3O2S2+5. The predicted octanol–water partition coefficient (Wildman–Crippen LogP) is -0.379. The van der Waals surface area contributed by atoms with Crippen molar-refractivity contribution >= 4 is 64.3 Å². The van der Waals surface area contributed by atoms with Crippen molar-refractivity contribution < 1.29 is 10.0 Å². The van der Waals surface area contributed by atoms with Gasteiger partial charge < -0.3 is 20.6 Å². The minimum atomic E-state index is -0.841. The van der Waals surface area contributed by atoms with Gasteiger partial charge in [0.25, 0.3) is 0 Å². The number of nitrogens with two attached hydrogens (primary N) is 1. The SMILES string of the molecule is CC(=N[N-]C(N)=[SH+])c1cccs1.[Al+3].[OH2+]B([OH2+])c1ccccc1. The summed E-state index contributed by atoms with van der Waals surface area (Å²) in [5.41, 5.74) is 10.4. The Balaban J connectivity index is 0.000000397. The molecule has 0 spiro atoms. The van der Waals surface area contributed by atoms with Crippen LogP contribution < -0.4 is 11.2 Å². The minimum Gasteiger partial charge on any atom is -0.515 e. The molecule has 22 heavy (non-hydrogen) atoms. The number of nitrogens with zero attached hydrogens (tertiary/aromatic N) is 2. The first-order valence-electron chi connectivity index (χ1n) is 6.08. The van der Waals surface area contributed by atoms with Crippen molar-refractivity contribution in [2.75, 3.05) is 0 Å². The molecule has 2 rings (SSSR count). The van der Waals surface area contributed by atoms with E-state index in [1.165, 1.54) is 0 Å². The van der Waals surface area contributed by atoms with Crippen molar-refractivity contribution in [1.29, 1.82) is 0 Å². The molecule has 0 aliphatic heterocycles. The maximum absolute atomic E-state index is 6.99. The second-order valence-electron chi connectivity index (χ2n) is 3.96. The molecule has 0 fully saturated rings. The zero-order chi connectivity index (χ0) is 15.7. The quantitative estimate of drug-likeness (QED) is 0.200. The Labute approximate surface area is 150 Å². The summed E-state index contributed by atoms with van der Waals surface area (Å²) in [6.07, 6.45) is 0. The topological polar surface area (TPSA) is 98.3 Å². The molecule has 0 aliphatic rings. The van der Waals surface area contributed by atoms with Crippen molar-refractivity contribution in [3.8, 4) is 0 Å². The molecule has 0 saturated carbocycles. The minimum absolute atomic E-state index is 0. The van der Waals surface area contributed by atoms with Gasteiger partial charge in [0.2, 0.25) is 0 Å². The second-order valence-corrected chi connectivity index (χ2v) is 5.37. The summed E-state index contributed by atoms with van der Waals surface area (Å²) in [5, 5.41) is 20.0. The zero-order valence-electron chi connectivity index (χ0n) is 12.1. The van der Waals surface area contributed by atoms with Crippen LogP contribution >= 0.6 is 11.3 Å². The summed E-state index contributed by atoms with van der Waals surface area (Å²) in [6, 6.07) is 13.1. The third-order valence-corrected chi connectivity index (χ3v) is 3.38. The molecule has 0 amide bonds. The number of rotatable bonds is 3. The van der Waals surface area contributed by atoms with Crippen LogP contribution in [0.5, 0.6) is 0 Å². The molecule has 0 atom stereocenters. The van der Waals surface area contributed by atoms with Crippen molar-refractivity contribution in [3.05, 3.63) is 58.1 Å². The summed E-state index contributed by atoms with van der Waals surface area (Å²) < 4.78 is 0. The number of hydrogen-bond donors (Lipinski definition) is 1. The molecule has 0 unspecified atom stereocenters. The maximum Gasteiger partial charge on any atom is 3.00 e. The summed E-state index contributed by atoms with van der Waals surface area (Å²) >= 11 is 5.41. The van der Waals surface area contributed by atoms with Gasteiger partial charge >= 0.3 is 24.5 Å². The predicted molar refractivity (Wildman–Crippen MR) is 103 cm³/mol. The van der Waals surface area contributed by atoms with E-state index in [1.807, 2.05) is 42.6 Å². The number of thiophene rings is 1. The molecule has 2 aromatic rings. The Kier molecular flexibility index (Phi) is 11.0. The van der Waals surface area contributed by atoms with Gasteiger partial charge in [0.1, 0.15) is 5.46 Å². The van der Waals surface area contributed by atoms with Crippen LogP contribution in [-0.4, -0.2) is 45.4 Å². The van der Waals surface area contributed by atoms with E-state index >= 15 is 0 Å². The molecule has 9 heteroatoms. The summed E-state index contributed by atoms with van der Waals surface area (Å²) in [7, 11) is -0.841. The van der Waals surface area contributed by atoms with Gasteiger partial charge in [-0.05, 0) is 30.5 Å². The molecule has 110 valence electrons. The van der Waals surface area contributed by atoms with Gasteiger partial charge in [-0.1, -0.05) is 24.3 Å². The van der Waals surface area contributed by atoms with Gasteiger partial charge in [0.15, 0.2) is 17.3 Å². The third kappa shape index (κ3) is 8.41. The fourth-order valence-electron chi connectivity index (χ4n) is 1.31. The van der Waals surface area contributed by atoms with Gasteiger partial charge in [0.05, 0.1) is 0 Å². The van der Waals surface area contributed by atoms with Crippen LogP contribution in [-0.2, 0) is 12.2 Å². The van der Waals surface area contributed by atoms with Crippen LogP contribution in [0.4, 0.5) is 0 Å². The molecule has 1 aromatic heterocycles. The van der Waals surface area contributed by atoms with Crippen LogP contribution in [0.2, 0.25) is 0 Å². The van der Waals surface area contributed by atoms with Gasteiger partial charge in [0, 0.05) is 10.6 Å². The number of thiol groups is 1. The molecule has 1 heterocycles. The van der Waals surface area contributed by atoms with E-state index in [9.17, 15) is 0 Å². The Hall–Kier alpha value is -1.04. The standard InChI is InChI=1S/C7H9N3S2.C6H7BO2.Al/c1-5(9-10-7(8)11)6-3-2-4-12-6;8-7(9)6-4-2-1-3-5-6;/h2-4H,1H3,(H3,8,10,11);1-5,8-9H;/q;;+3/p+2. The van der Waals surface area contributed by atoms with Crippen LogP contribution in [0.1, 0.15) is 11.8 Å². The van der Waals surface area contributed by atoms with Crippen molar-refractivity contribution in [2.45, 2.75) is 6.92 Å². The van der Waals surface area contributed by atoms with E-state index in [-0.39, 0.29) is 22.5 Å². The van der Waals surface area contributed by atoms with E-state index in [0.29, 0.717) is 0 Å². The Morgan fingerprint density at radius 2 is 1.86 bits per heavy atom. The molecule has 0 saturated heterocycles. The molecule has 1 aromatic carbocycles. The molecular weight excluding hydrogens is 332 g/mol. The van der Waals surface area contributed by atoms with Gasteiger partial charge in [-0.3, -0.25) is 5.73 Å². The smallest absolute Gasteiger partial charge is 0.515 e. The zero-order valence-corrected chi connectivity index (χ0v) is 15.0. The van der Waals surface area contributed by atoms with E-state index in [4.69, 9.17) is 15.8 Å². The van der Waals surface area contributed by atoms with Crippen LogP contribution in [0.25, 0.3) is 5.43 Å². The van der Waals surface area contributed by atoms with Crippen LogP contribution in [0.3, 0.4) is 0 Å². The van der Waals surface area contributed by atoms with E-state index in [2.05, 4.69) is 22.7 Å². The van der Waals surface area contributed by atoms with E-state index in [1.54, 1.807) is 23.5 Å². The maximum atomic E-state index is 6.99. The first kappa shape index (κ1) is 21.0. The molecule has 0 aliphatic carbocycles. The van der Waals surface area contributed by atoms with Gasteiger partial charge in [-0.2, -0.15) is 0 Å². The fraction of sp³-hybridized carbons (Fsp3) is 0.0769. The number of benzene rings is 1. The first-order valence-corrected chi connectivity index (χ1v) is 7.41. The summed E-state index contributed by atoms with van der Waals surface area (Å²) in [6.45, 7) is 1.88. The molecule has 0 radical (unpaired) electrons. The summed E-state index contributed by atoms with van der Waals surface area (Å²) in [4.78, 5) is 1.09. The third-order valence-electron chi connectivity index (χ3n) is 2.31. The van der Waals surface area contributed by atoms with Crippen LogP contribution in [0, 0.1) is 0 Å². The second kappa shape index (κ2) is 11.5. The Bertz CT molecular complexity index is 580. The Morgan fingerprint density at radius 1 is 1.23 bits per heavy atom.